The second kappa shape index (κ2) is 9.29. The van der Waals surface area contributed by atoms with Crippen molar-refractivity contribution in [2.45, 2.75) is 37.8 Å². The topological polar surface area (TPSA) is 132 Å². The minimum Gasteiger partial charge on any atom is -0.389 e. The maximum absolute atomic E-state index is 13.8. The Balaban J connectivity index is 1.27. The van der Waals surface area contributed by atoms with E-state index in [1.807, 2.05) is 0 Å². The van der Waals surface area contributed by atoms with Gasteiger partial charge in [-0.25, -0.2) is 0 Å². The molecule has 2 aliphatic carbocycles. The van der Waals surface area contributed by atoms with Crippen molar-refractivity contribution < 1.29 is 24.3 Å². The molecule has 4 fully saturated rings. The minimum absolute atomic E-state index is 0.00904. The van der Waals surface area contributed by atoms with Crippen LogP contribution < -0.4 is 10.6 Å². The van der Waals surface area contributed by atoms with Crippen molar-refractivity contribution in [3.8, 4) is 0 Å². The van der Waals surface area contributed by atoms with Crippen LogP contribution in [0.3, 0.4) is 0 Å². The zero-order valence-corrected chi connectivity index (χ0v) is 21.5. The number of Topliss-reactive ketones (excluding diaryl/α,β-unsaturated/α-hetero) is 1. The number of rotatable bonds is 7. The number of halogens is 2. The highest BCUT2D eigenvalue weighted by Crippen LogP contribution is 2.62. The summed E-state index contributed by atoms with van der Waals surface area (Å²) in [5.41, 5.74) is 0.946. The first-order valence-corrected chi connectivity index (χ1v) is 13.5. The average Bonchev–Trinajstić information content (AvgIpc) is 3.22. The molecule has 4 N–H and O–H groups in total. The number of carbonyl (C=O) groups excluding carboxylic acids is 4. The molecule has 196 valence electrons. The maximum Gasteiger partial charge on any atom is 0.271 e. The van der Waals surface area contributed by atoms with Crippen LogP contribution in [0, 0.1) is 29.6 Å². The number of nitrogens with one attached hydrogen (secondary N) is 3. The highest BCUT2D eigenvalue weighted by atomic mass is 35.5. The number of hydrogen-bond donors (Lipinski definition) is 4. The van der Waals surface area contributed by atoms with Gasteiger partial charge in [0.2, 0.25) is 11.8 Å². The SMILES string of the molecule is O=C1NCC[C@H]1C[C@H](NC(=O)[C@@H]1[C@H]2C[C@@H]3C[C@@H]3[C@H]2CN1C(=O)c1cc2c(Cl)cc(Cl)cc2[nH]1)C(=O)CO. The van der Waals surface area contributed by atoms with Gasteiger partial charge in [-0.1, -0.05) is 23.2 Å². The average molecular weight is 547 g/mol. The number of ketones is 1. The van der Waals surface area contributed by atoms with Crippen LogP contribution in [0.5, 0.6) is 0 Å². The first-order chi connectivity index (χ1) is 17.7. The van der Waals surface area contributed by atoms with Crippen molar-refractivity contribution in [2.24, 2.45) is 29.6 Å². The van der Waals surface area contributed by atoms with Gasteiger partial charge in [0.05, 0.1) is 11.1 Å². The maximum atomic E-state index is 13.8. The first kappa shape index (κ1) is 24.7. The van der Waals surface area contributed by atoms with Gasteiger partial charge >= 0.3 is 0 Å². The van der Waals surface area contributed by atoms with Gasteiger partial charge in [0, 0.05) is 34.9 Å². The Morgan fingerprint density at radius 3 is 2.65 bits per heavy atom. The highest BCUT2D eigenvalue weighted by molar-refractivity contribution is 6.38. The summed E-state index contributed by atoms with van der Waals surface area (Å²) in [6, 6.07) is 3.26. The number of aliphatic hydroxyl groups is 1. The van der Waals surface area contributed by atoms with Crippen molar-refractivity contribution in [1.82, 2.24) is 20.5 Å². The summed E-state index contributed by atoms with van der Waals surface area (Å²) in [5, 5.41) is 16.6. The fraction of sp³-hybridized carbons (Fsp3) is 0.538. The number of nitrogens with zero attached hydrogens (tertiary/aromatic N) is 1. The van der Waals surface area contributed by atoms with Crippen LogP contribution in [0.4, 0.5) is 0 Å². The zero-order valence-electron chi connectivity index (χ0n) is 20.0. The van der Waals surface area contributed by atoms with Crippen molar-refractivity contribution in [2.75, 3.05) is 19.7 Å². The van der Waals surface area contributed by atoms with Crippen LogP contribution >= 0.6 is 23.2 Å². The molecule has 0 spiro atoms. The Labute approximate surface area is 223 Å². The van der Waals surface area contributed by atoms with Crippen LogP contribution in [0.25, 0.3) is 10.9 Å². The normalized spacial score (nSPS) is 30.7. The van der Waals surface area contributed by atoms with Gasteiger partial charge in [0.1, 0.15) is 18.3 Å². The Morgan fingerprint density at radius 1 is 1.14 bits per heavy atom. The van der Waals surface area contributed by atoms with Gasteiger partial charge in [0.15, 0.2) is 5.78 Å². The molecule has 1 aromatic carbocycles. The molecule has 3 amide bonds. The number of aliphatic hydroxyl groups excluding tert-OH is 1. The molecular weight excluding hydrogens is 519 g/mol. The van der Waals surface area contributed by atoms with Gasteiger partial charge in [-0.05, 0) is 67.6 Å². The third-order valence-electron chi connectivity index (χ3n) is 8.76. The Morgan fingerprint density at radius 2 is 1.92 bits per heavy atom. The van der Waals surface area contributed by atoms with Gasteiger partial charge in [-0.15, -0.1) is 0 Å². The monoisotopic (exact) mass is 546 g/mol. The van der Waals surface area contributed by atoms with Gasteiger partial charge < -0.3 is 25.6 Å². The summed E-state index contributed by atoms with van der Waals surface area (Å²) in [7, 11) is 0. The Kier molecular flexibility index (Phi) is 6.20. The van der Waals surface area contributed by atoms with Crippen LogP contribution in [0.2, 0.25) is 10.0 Å². The van der Waals surface area contributed by atoms with Gasteiger partial charge in [0.25, 0.3) is 5.91 Å². The molecule has 11 heteroatoms. The van der Waals surface area contributed by atoms with Crippen LogP contribution in [0.15, 0.2) is 18.2 Å². The van der Waals surface area contributed by atoms with Crippen molar-refractivity contribution in [1.29, 1.82) is 0 Å². The molecule has 2 aliphatic heterocycles. The molecule has 37 heavy (non-hydrogen) atoms. The van der Waals surface area contributed by atoms with Crippen LogP contribution in [-0.4, -0.2) is 70.3 Å². The number of likely N-dealkylation sites (tertiary alicyclic amines) is 1. The fourth-order valence-electron chi connectivity index (χ4n) is 6.88. The molecule has 0 unspecified atom stereocenters. The van der Waals surface area contributed by atoms with E-state index in [2.05, 4.69) is 15.6 Å². The van der Waals surface area contributed by atoms with Gasteiger partial charge in [-0.3, -0.25) is 19.2 Å². The summed E-state index contributed by atoms with van der Waals surface area (Å²) >= 11 is 12.5. The Bertz CT molecular complexity index is 1310. The first-order valence-electron chi connectivity index (χ1n) is 12.8. The Hall–Kier alpha value is -2.62. The number of carbonyl (C=O) groups is 4. The third-order valence-corrected chi connectivity index (χ3v) is 9.29. The quantitative estimate of drug-likeness (QED) is 0.422. The molecule has 4 aliphatic rings. The summed E-state index contributed by atoms with van der Waals surface area (Å²) in [4.78, 5) is 56.8. The van der Waals surface area contributed by atoms with Crippen molar-refractivity contribution in [3.05, 3.63) is 33.9 Å². The molecule has 3 heterocycles. The molecule has 9 nitrogen and oxygen atoms in total. The molecule has 0 radical (unpaired) electrons. The van der Waals surface area contributed by atoms with E-state index in [9.17, 15) is 24.3 Å². The molecule has 7 atom stereocenters. The number of aromatic nitrogens is 1. The van der Waals surface area contributed by atoms with E-state index in [0.29, 0.717) is 58.0 Å². The van der Waals surface area contributed by atoms with E-state index >= 15 is 0 Å². The molecular formula is C26H28Cl2N4O5. The number of aromatic amines is 1. The summed E-state index contributed by atoms with van der Waals surface area (Å²) in [5.74, 6) is -0.473. The lowest BCUT2D eigenvalue weighted by Gasteiger charge is -2.29. The molecule has 2 saturated heterocycles. The number of amides is 3. The van der Waals surface area contributed by atoms with Crippen molar-refractivity contribution in [3.63, 3.8) is 0 Å². The standard InChI is InChI=1S/C26H28Cl2N4O5/c27-13-6-18(28)16-8-21(30-19(16)7-13)26(37)32-9-17-14-3-12(14)4-15(17)23(32)25(36)31-20(22(34)10-33)5-11-1-2-29-24(11)35/h6-8,11-12,14-15,17,20,23,30,33H,1-5,9-10H2,(H,29,35)(H,31,36)/t11-,12-,14-,15-,17+,20-,23-/m0/s1. The number of H-pyrrole nitrogens is 1. The smallest absolute Gasteiger partial charge is 0.271 e. The van der Waals surface area contributed by atoms with Crippen LogP contribution in [0.1, 0.15) is 36.2 Å². The lowest BCUT2D eigenvalue weighted by molar-refractivity contribution is -0.133. The number of hydrogen-bond acceptors (Lipinski definition) is 5. The third kappa shape index (κ3) is 4.30. The summed E-state index contributed by atoms with van der Waals surface area (Å²) in [6.45, 7) is 0.256. The van der Waals surface area contributed by atoms with Crippen molar-refractivity contribution >= 4 is 57.6 Å². The second-order valence-corrected chi connectivity index (χ2v) is 11.7. The molecule has 2 saturated carbocycles. The predicted octanol–water partition coefficient (Wildman–Crippen LogP) is 2.14. The summed E-state index contributed by atoms with van der Waals surface area (Å²) in [6.07, 6.45) is 2.69. The van der Waals surface area contributed by atoms with E-state index in [-0.39, 0.29) is 30.1 Å². The van der Waals surface area contributed by atoms with Crippen LogP contribution in [-0.2, 0) is 14.4 Å². The lowest BCUT2D eigenvalue weighted by Crippen LogP contribution is -2.53. The number of fused-ring (bicyclic) bond motifs is 4. The lowest BCUT2D eigenvalue weighted by atomic mass is 9.88. The number of benzene rings is 1. The largest absolute Gasteiger partial charge is 0.389 e. The molecule has 6 rings (SSSR count). The molecule has 0 bridgehead atoms. The summed E-state index contributed by atoms with van der Waals surface area (Å²) < 4.78 is 0. The van der Waals surface area contributed by atoms with E-state index in [1.165, 1.54) is 0 Å². The predicted molar refractivity (Wildman–Crippen MR) is 136 cm³/mol. The molecule has 2 aromatic rings. The molecule has 1 aromatic heterocycles. The van der Waals surface area contributed by atoms with E-state index < -0.39 is 36.3 Å². The van der Waals surface area contributed by atoms with E-state index in [4.69, 9.17) is 23.2 Å². The zero-order chi connectivity index (χ0) is 26.0. The van der Waals surface area contributed by atoms with Gasteiger partial charge in [-0.2, -0.15) is 0 Å². The van der Waals surface area contributed by atoms with E-state index in [0.717, 1.165) is 12.8 Å². The van der Waals surface area contributed by atoms with E-state index in [1.54, 1.807) is 23.1 Å². The fourth-order valence-corrected chi connectivity index (χ4v) is 7.43. The highest BCUT2D eigenvalue weighted by Gasteiger charge is 2.62. The second-order valence-electron chi connectivity index (χ2n) is 10.9. The minimum atomic E-state index is -0.993.